The normalized spacial score (nSPS) is 24.8. The largest absolute Gasteiger partial charge is 0.534 e. The molecule has 32 heavy (non-hydrogen) atoms. The number of aromatic nitrogens is 2. The van der Waals surface area contributed by atoms with Crippen LogP contribution in [0, 0.1) is 12.7 Å². The molecule has 1 aromatic carbocycles. The topological polar surface area (TPSA) is 149 Å². The molecule has 176 valence electrons. The summed E-state index contributed by atoms with van der Waals surface area (Å²) < 4.78 is 57.1. The maximum atomic E-state index is 13.5. The van der Waals surface area contributed by atoms with Crippen molar-refractivity contribution in [3.05, 3.63) is 62.2 Å². The Morgan fingerprint density at radius 2 is 2.00 bits per heavy atom. The van der Waals surface area contributed by atoms with E-state index in [0.29, 0.717) is 18.9 Å². The van der Waals surface area contributed by atoms with E-state index in [1.165, 1.54) is 0 Å². The predicted octanol–water partition coefficient (Wildman–Crippen LogP) is 1.62. The molecule has 3 atom stereocenters. The summed E-state index contributed by atoms with van der Waals surface area (Å²) >= 11 is 0. The molecule has 3 N–H and O–H groups in total. The van der Waals surface area contributed by atoms with Crippen molar-refractivity contribution in [3.8, 4) is 5.75 Å². The third kappa shape index (κ3) is 4.98. The molecule has 0 aliphatic carbocycles. The lowest BCUT2D eigenvalue weighted by atomic mass is 10.1. The van der Waals surface area contributed by atoms with Gasteiger partial charge >= 0.3 is 19.5 Å². The molecule has 1 aromatic heterocycles. The zero-order valence-corrected chi connectivity index (χ0v) is 17.9. The second-order valence-electron chi connectivity index (χ2n) is 6.97. The van der Waals surface area contributed by atoms with Crippen LogP contribution in [0.4, 0.5) is 8.78 Å². The van der Waals surface area contributed by atoms with Gasteiger partial charge < -0.3 is 19.5 Å². The molecule has 11 nitrogen and oxygen atoms in total. The second-order valence-corrected chi connectivity index (χ2v) is 8.49. The fourth-order valence-electron chi connectivity index (χ4n) is 3.25. The van der Waals surface area contributed by atoms with Crippen LogP contribution in [0.2, 0.25) is 0 Å². The van der Waals surface area contributed by atoms with E-state index >= 15 is 0 Å². The number of rotatable bonds is 4. The summed E-state index contributed by atoms with van der Waals surface area (Å²) in [5.74, 6) is -4.09. The number of benzene rings is 1. The van der Waals surface area contributed by atoms with Crippen molar-refractivity contribution in [2.24, 2.45) is 0 Å². The van der Waals surface area contributed by atoms with Gasteiger partial charge in [-0.15, -0.1) is 0 Å². The minimum absolute atomic E-state index is 0.0520. The fourth-order valence-corrected chi connectivity index (χ4v) is 4.55. The summed E-state index contributed by atoms with van der Waals surface area (Å²) in [6.07, 6.45) is -1.94. The van der Waals surface area contributed by atoms with E-state index in [1.807, 2.05) is 6.92 Å². The molecule has 0 spiro atoms. The van der Waals surface area contributed by atoms with Crippen molar-refractivity contribution in [3.63, 3.8) is 0 Å². The lowest BCUT2D eigenvalue weighted by molar-refractivity contribution is -0.349. The Labute approximate surface area is 179 Å². The number of hydrogen-bond acceptors (Lipinski definition) is 9. The molecule has 1 fully saturated rings. The van der Waals surface area contributed by atoms with Crippen LogP contribution in [-0.4, -0.2) is 39.0 Å². The Morgan fingerprint density at radius 3 is 2.72 bits per heavy atom. The van der Waals surface area contributed by atoms with Crippen LogP contribution in [0.1, 0.15) is 30.2 Å². The van der Waals surface area contributed by atoms with Crippen molar-refractivity contribution in [2.45, 2.75) is 44.7 Å². The summed E-state index contributed by atoms with van der Waals surface area (Å²) in [4.78, 5) is 24.8. The average Bonchev–Trinajstić information content (AvgIpc) is 3.23. The number of aliphatic hydroxyl groups is 2. The molecular weight excluding hydrogens is 457 g/mol. The predicted molar refractivity (Wildman–Crippen MR) is 104 cm³/mol. The molecule has 2 aliphatic rings. The second kappa shape index (κ2) is 9.22. The van der Waals surface area contributed by atoms with E-state index in [2.05, 4.69) is 0 Å². The first-order chi connectivity index (χ1) is 15.1. The number of halogens is 2. The van der Waals surface area contributed by atoms with E-state index in [9.17, 15) is 33.1 Å². The van der Waals surface area contributed by atoms with Crippen LogP contribution >= 0.6 is 7.82 Å². The third-order valence-electron chi connectivity index (χ3n) is 4.70. The number of ether oxygens (including phenoxy) is 1. The summed E-state index contributed by atoms with van der Waals surface area (Å²) in [5.41, 5.74) is -0.583. The molecular formula is C18H21F2N2O9P. The Bertz CT molecular complexity index is 1150. The standard InChI is InChI=1S/C17H18FN2O9P.CH3F/c1-9-2-3-12-10(6-9)8-26-30(25,28-12)29-17(23,24)13-4-5-14(27-13)20-7-11(18)15(21)19-16(20)22;1-2/h2-3,6-7,13-14,23-24H,4-5,8H2,1H3,(H,19,21,22);1H3. The number of alkyl halides is 1. The van der Waals surface area contributed by atoms with Crippen molar-refractivity contribution < 1.29 is 41.9 Å². The van der Waals surface area contributed by atoms with Gasteiger partial charge in [-0.25, -0.2) is 13.9 Å². The first kappa shape index (κ1) is 24.2. The molecule has 0 amide bonds. The maximum Gasteiger partial charge on any atom is 0.534 e. The zero-order valence-electron chi connectivity index (χ0n) is 17.0. The maximum absolute atomic E-state index is 13.5. The zero-order chi connectivity index (χ0) is 23.7. The molecule has 3 heterocycles. The average molecular weight is 478 g/mol. The van der Waals surface area contributed by atoms with Gasteiger partial charge in [0, 0.05) is 5.56 Å². The van der Waals surface area contributed by atoms with E-state index in [1.54, 1.807) is 23.2 Å². The number of fused-ring (bicyclic) bond motifs is 1. The first-order valence-corrected chi connectivity index (χ1v) is 10.8. The number of nitrogens with zero attached hydrogens (tertiary/aromatic N) is 1. The van der Waals surface area contributed by atoms with Crippen LogP contribution in [0.15, 0.2) is 34.0 Å². The fraction of sp³-hybridized carbons (Fsp3) is 0.444. The highest BCUT2D eigenvalue weighted by Crippen LogP contribution is 2.57. The Hall–Kier alpha value is -2.41. The lowest BCUT2D eigenvalue weighted by Crippen LogP contribution is -2.45. The molecule has 1 saturated heterocycles. The number of aryl methyl sites for hydroxylation is 1. The third-order valence-corrected chi connectivity index (χ3v) is 6.06. The SMILES string of the molecule is CF.Cc1ccc2c(c1)COP(=O)(OC(O)(O)C1CCC(n3cc(F)c(=O)[nH]c3=O)O1)O2. The van der Waals surface area contributed by atoms with Crippen LogP contribution in [0.5, 0.6) is 5.75 Å². The number of phosphoric ester groups is 1. The van der Waals surface area contributed by atoms with Crippen LogP contribution in [-0.2, 0) is 25.0 Å². The highest BCUT2D eigenvalue weighted by atomic mass is 31.2. The highest BCUT2D eigenvalue weighted by molar-refractivity contribution is 7.49. The van der Waals surface area contributed by atoms with Crippen LogP contribution < -0.4 is 15.8 Å². The molecule has 2 aromatic rings. The van der Waals surface area contributed by atoms with Gasteiger partial charge in [0.25, 0.3) is 5.56 Å². The van der Waals surface area contributed by atoms with E-state index in [-0.39, 0.29) is 25.2 Å². The van der Waals surface area contributed by atoms with Gasteiger partial charge in [-0.2, -0.15) is 4.39 Å². The molecule has 0 radical (unpaired) electrons. The van der Waals surface area contributed by atoms with Gasteiger partial charge in [-0.05, 0) is 25.8 Å². The van der Waals surface area contributed by atoms with Gasteiger partial charge in [0.05, 0.1) is 20.0 Å². The minimum Gasteiger partial charge on any atom is -0.404 e. The first-order valence-electron chi connectivity index (χ1n) is 9.30. The van der Waals surface area contributed by atoms with Crippen molar-refractivity contribution in [1.82, 2.24) is 9.55 Å². The quantitative estimate of drug-likeness (QED) is 0.440. The van der Waals surface area contributed by atoms with Crippen LogP contribution in [0.3, 0.4) is 0 Å². The van der Waals surface area contributed by atoms with E-state index in [0.717, 1.165) is 10.1 Å². The van der Waals surface area contributed by atoms with Crippen molar-refractivity contribution in [1.29, 1.82) is 0 Å². The highest BCUT2D eigenvalue weighted by Gasteiger charge is 2.50. The number of aromatic amines is 1. The Balaban J connectivity index is 0.00000141. The van der Waals surface area contributed by atoms with E-state index in [4.69, 9.17) is 18.3 Å². The number of nitrogens with one attached hydrogen (secondary N) is 1. The summed E-state index contributed by atoms with van der Waals surface area (Å²) in [5, 5.41) is 20.6. The number of hydrogen-bond donors (Lipinski definition) is 3. The van der Waals surface area contributed by atoms with Gasteiger partial charge in [0.15, 0.2) is 0 Å². The molecule has 4 rings (SSSR count). The van der Waals surface area contributed by atoms with Crippen molar-refractivity contribution in [2.75, 3.05) is 7.18 Å². The summed E-state index contributed by atoms with van der Waals surface area (Å²) in [7, 11) is -3.91. The Morgan fingerprint density at radius 1 is 1.28 bits per heavy atom. The molecule has 14 heteroatoms. The number of phosphoric acid groups is 1. The molecule has 0 saturated carbocycles. The molecule has 2 aliphatic heterocycles. The van der Waals surface area contributed by atoms with E-state index < -0.39 is 43.2 Å². The summed E-state index contributed by atoms with van der Waals surface area (Å²) in [6.45, 7) is 1.72. The lowest BCUT2D eigenvalue weighted by Gasteiger charge is -2.32. The van der Waals surface area contributed by atoms with Gasteiger partial charge in [0.2, 0.25) is 5.82 Å². The van der Waals surface area contributed by atoms with Crippen molar-refractivity contribution >= 4 is 7.82 Å². The summed E-state index contributed by atoms with van der Waals surface area (Å²) in [6, 6.07) is 5.03. The minimum atomic E-state index is -4.41. The van der Waals surface area contributed by atoms with Crippen LogP contribution in [0.25, 0.3) is 0 Å². The number of H-pyrrole nitrogens is 1. The molecule has 3 unspecified atom stereocenters. The van der Waals surface area contributed by atoms with Gasteiger partial charge in [-0.3, -0.25) is 23.3 Å². The van der Waals surface area contributed by atoms with Gasteiger partial charge in [0.1, 0.15) is 18.1 Å². The van der Waals surface area contributed by atoms with Gasteiger partial charge in [-0.1, -0.05) is 17.7 Å². The molecule has 0 bridgehead atoms. The monoisotopic (exact) mass is 478 g/mol. The Kier molecular flexibility index (Phi) is 6.98. The smallest absolute Gasteiger partial charge is 0.404 e.